The van der Waals surface area contributed by atoms with E-state index in [9.17, 15) is 8.42 Å². The molecule has 0 spiro atoms. The van der Waals surface area contributed by atoms with E-state index in [0.717, 1.165) is 42.6 Å². The highest BCUT2D eigenvalue weighted by Gasteiger charge is 2.21. The minimum Gasteiger partial charge on any atom is -0.398 e. The third-order valence-corrected chi connectivity index (χ3v) is 7.14. The third-order valence-electron chi connectivity index (χ3n) is 5.43. The lowest BCUT2D eigenvalue weighted by Gasteiger charge is -2.34. The van der Waals surface area contributed by atoms with Crippen LogP contribution in [0.3, 0.4) is 0 Å². The molecule has 1 fully saturated rings. The molecule has 146 valence electrons. The van der Waals surface area contributed by atoms with Gasteiger partial charge in [0.05, 0.1) is 10.6 Å². The molecule has 0 radical (unpaired) electrons. The summed E-state index contributed by atoms with van der Waals surface area (Å²) in [4.78, 5) is 4.93. The van der Waals surface area contributed by atoms with E-state index in [4.69, 9.17) is 5.73 Å². The summed E-state index contributed by atoms with van der Waals surface area (Å²) in [7, 11) is -1.41. The molecule has 3 aromatic rings. The van der Waals surface area contributed by atoms with E-state index in [0.29, 0.717) is 16.1 Å². The topological polar surface area (TPSA) is 66.6 Å². The number of rotatable bonds is 4. The number of sulfone groups is 1. The van der Waals surface area contributed by atoms with Crippen LogP contribution >= 0.6 is 0 Å². The predicted molar refractivity (Wildman–Crippen MR) is 115 cm³/mol. The summed E-state index contributed by atoms with van der Waals surface area (Å²) in [6.07, 6.45) is 0. The molecule has 0 unspecified atom stereocenters. The van der Waals surface area contributed by atoms with Gasteiger partial charge in [0.1, 0.15) is 0 Å². The van der Waals surface area contributed by atoms with E-state index in [-0.39, 0.29) is 5.75 Å². The zero-order valence-corrected chi connectivity index (χ0v) is 16.8. The monoisotopic (exact) mass is 395 g/mol. The van der Waals surface area contributed by atoms with Gasteiger partial charge in [-0.1, -0.05) is 36.4 Å². The third kappa shape index (κ3) is 3.70. The molecule has 1 aliphatic heterocycles. The van der Waals surface area contributed by atoms with Crippen LogP contribution in [0.2, 0.25) is 0 Å². The van der Waals surface area contributed by atoms with Crippen molar-refractivity contribution in [2.45, 2.75) is 10.6 Å². The van der Waals surface area contributed by atoms with Crippen LogP contribution in [-0.2, 0) is 15.6 Å². The second kappa shape index (κ2) is 7.45. The summed E-state index contributed by atoms with van der Waals surface area (Å²) in [5.74, 6) is -0.103. The molecule has 1 aliphatic rings. The first-order valence-corrected chi connectivity index (χ1v) is 11.1. The van der Waals surface area contributed by atoms with Crippen molar-refractivity contribution in [3.8, 4) is 0 Å². The Balaban J connectivity index is 1.67. The van der Waals surface area contributed by atoms with Crippen LogP contribution in [0.25, 0.3) is 10.8 Å². The van der Waals surface area contributed by atoms with Crippen molar-refractivity contribution in [3.05, 3.63) is 66.2 Å². The highest BCUT2D eigenvalue weighted by molar-refractivity contribution is 7.90. The highest BCUT2D eigenvalue weighted by Crippen LogP contribution is 2.29. The molecule has 6 heteroatoms. The van der Waals surface area contributed by atoms with Gasteiger partial charge in [0, 0.05) is 42.9 Å². The fourth-order valence-corrected chi connectivity index (χ4v) is 5.35. The average molecular weight is 396 g/mol. The Morgan fingerprint density at radius 2 is 1.64 bits per heavy atom. The standard InChI is InChI=1S/C22H25N3O2S/c1-24-11-13-25(14-12-24)19-9-10-21(23)18(15-19)16-28(26,27)22-8-4-6-17-5-2-3-7-20(17)22/h2-10,15H,11-14,16,23H2,1H3. The fourth-order valence-electron chi connectivity index (χ4n) is 3.73. The van der Waals surface area contributed by atoms with Crippen molar-refractivity contribution in [2.75, 3.05) is 43.9 Å². The molecular formula is C22H25N3O2S. The Kier molecular flexibility index (Phi) is 5.00. The van der Waals surface area contributed by atoms with Gasteiger partial charge in [-0.3, -0.25) is 0 Å². The average Bonchev–Trinajstić information content (AvgIpc) is 2.70. The molecule has 0 atom stereocenters. The Morgan fingerprint density at radius 3 is 2.43 bits per heavy atom. The molecule has 28 heavy (non-hydrogen) atoms. The Morgan fingerprint density at radius 1 is 0.929 bits per heavy atom. The van der Waals surface area contributed by atoms with Crippen molar-refractivity contribution in [1.29, 1.82) is 0 Å². The number of anilines is 2. The first kappa shape index (κ1) is 18.8. The summed E-state index contributed by atoms with van der Waals surface area (Å²) in [5, 5.41) is 1.67. The highest BCUT2D eigenvalue weighted by atomic mass is 32.2. The van der Waals surface area contributed by atoms with Crippen LogP contribution in [0.4, 0.5) is 11.4 Å². The van der Waals surface area contributed by atoms with E-state index in [1.807, 2.05) is 48.5 Å². The molecule has 0 saturated carbocycles. The molecular weight excluding hydrogens is 370 g/mol. The molecule has 5 nitrogen and oxygen atoms in total. The largest absolute Gasteiger partial charge is 0.398 e. The molecule has 0 aliphatic carbocycles. The van der Waals surface area contributed by atoms with Crippen LogP contribution in [0.5, 0.6) is 0 Å². The maximum absolute atomic E-state index is 13.2. The lowest BCUT2D eigenvalue weighted by molar-refractivity contribution is 0.313. The molecule has 4 rings (SSSR count). The van der Waals surface area contributed by atoms with Gasteiger partial charge in [0.25, 0.3) is 0 Å². The van der Waals surface area contributed by atoms with Gasteiger partial charge in [0.2, 0.25) is 0 Å². The number of nitrogens with zero attached hydrogens (tertiary/aromatic N) is 2. The quantitative estimate of drug-likeness (QED) is 0.688. The second-order valence-corrected chi connectivity index (χ2v) is 9.37. The first-order valence-electron chi connectivity index (χ1n) is 9.46. The number of benzene rings is 3. The molecule has 0 bridgehead atoms. The molecule has 0 aromatic heterocycles. The summed E-state index contributed by atoms with van der Waals surface area (Å²) in [6, 6.07) is 18.7. The van der Waals surface area contributed by atoms with Crippen LogP contribution in [0.1, 0.15) is 5.56 Å². The summed E-state index contributed by atoms with van der Waals surface area (Å²) in [6.45, 7) is 3.84. The van der Waals surface area contributed by atoms with Gasteiger partial charge in [-0.2, -0.15) is 0 Å². The summed E-state index contributed by atoms with van der Waals surface area (Å²) < 4.78 is 26.4. The van der Waals surface area contributed by atoms with Gasteiger partial charge in [-0.05, 0) is 42.3 Å². The van der Waals surface area contributed by atoms with Crippen LogP contribution < -0.4 is 10.6 Å². The zero-order valence-electron chi connectivity index (χ0n) is 16.0. The number of piperazine rings is 1. The summed E-state index contributed by atoms with van der Waals surface area (Å²) >= 11 is 0. The molecule has 0 amide bonds. The van der Waals surface area contributed by atoms with Crippen LogP contribution in [-0.4, -0.2) is 46.5 Å². The molecule has 2 N–H and O–H groups in total. The Hall–Kier alpha value is -2.57. The van der Waals surface area contributed by atoms with Crippen molar-refractivity contribution >= 4 is 32.0 Å². The number of nitrogen functional groups attached to an aromatic ring is 1. The van der Waals surface area contributed by atoms with Crippen LogP contribution in [0.15, 0.2) is 65.6 Å². The number of hydrogen-bond acceptors (Lipinski definition) is 5. The normalized spacial score (nSPS) is 15.8. The lowest BCUT2D eigenvalue weighted by Crippen LogP contribution is -2.44. The smallest absolute Gasteiger partial charge is 0.183 e. The zero-order chi connectivity index (χ0) is 19.7. The molecule has 1 saturated heterocycles. The van der Waals surface area contributed by atoms with Crippen molar-refractivity contribution in [3.63, 3.8) is 0 Å². The molecule has 3 aromatic carbocycles. The van der Waals surface area contributed by atoms with Gasteiger partial charge >= 0.3 is 0 Å². The second-order valence-electron chi connectivity index (χ2n) is 7.41. The minimum absolute atomic E-state index is 0.103. The van der Waals surface area contributed by atoms with Gasteiger partial charge in [-0.15, -0.1) is 0 Å². The predicted octanol–water partition coefficient (Wildman–Crippen LogP) is 3.15. The van der Waals surface area contributed by atoms with Crippen LogP contribution in [0, 0.1) is 0 Å². The number of nitrogens with two attached hydrogens (primary N) is 1. The number of fused-ring (bicyclic) bond motifs is 1. The maximum Gasteiger partial charge on any atom is 0.183 e. The SMILES string of the molecule is CN1CCN(c2ccc(N)c(CS(=O)(=O)c3cccc4ccccc34)c2)CC1. The van der Waals surface area contributed by atoms with E-state index >= 15 is 0 Å². The fraction of sp³-hybridized carbons (Fsp3) is 0.273. The van der Waals surface area contributed by atoms with Gasteiger partial charge < -0.3 is 15.5 Å². The number of hydrogen-bond donors (Lipinski definition) is 1. The van der Waals surface area contributed by atoms with Crippen molar-refractivity contribution in [2.24, 2.45) is 0 Å². The number of likely N-dealkylation sites (N-methyl/N-ethyl adjacent to an activating group) is 1. The van der Waals surface area contributed by atoms with E-state index < -0.39 is 9.84 Å². The van der Waals surface area contributed by atoms with E-state index in [1.165, 1.54) is 0 Å². The Labute approximate surface area is 166 Å². The van der Waals surface area contributed by atoms with Gasteiger partial charge in [0.15, 0.2) is 9.84 Å². The minimum atomic E-state index is -3.53. The summed E-state index contributed by atoms with van der Waals surface area (Å²) in [5.41, 5.74) is 8.35. The van der Waals surface area contributed by atoms with Gasteiger partial charge in [-0.25, -0.2) is 8.42 Å². The maximum atomic E-state index is 13.2. The lowest BCUT2D eigenvalue weighted by atomic mass is 10.1. The van der Waals surface area contributed by atoms with Crippen molar-refractivity contribution < 1.29 is 8.42 Å². The molecule has 1 heterocycles. The Bertz CT molecular complexity index is 1100. The van der Waals surface area contributed by atoms with Crippen molar-refractivity contribution in [1.82, 2.24) is 4.90 Å². The first-order chi connectivity index (χ1) is 13.4. The van der Waals surface area contributed by atoms with E-state index in [2.05, 4.69) is 16.8 Å². The van der Waals surface area contributed by atoms with E-state index in [1.54, 1.807) is 12.1 Å².